The molecule has 32 heavy (non-hydrogen) atoms. The summed E-state index contributed by atoms with van der Waals surface area (Å²) in [5.74, 6) is 0.00205. The number of rotatable bonds is 8. The van der Waals surface area contributed by atoms with Gasteiger partial charge in [0.15, 0.2) is 5.69 Å². The summed E-state index contributed by atoms with van der Waals surface area (Å²) in [5.41, 5.74) is 1.30. The average molecular weight is 484 g/mol. The van der Waals surface area contributed by atoms with E-state index in [1.165, 1.54) is 6.07 Å². The third-order valence-electron chi connectivity index (χ3n) is 4.76. The van der Waals surface area contributed by atoms with Crippen LogP contribution in [-0.2, 0) is 28.7 Å². The number of hydrogen-bond acceptors (Lipinski definition) is 5. The number of aromatic nitrogens is 1. The summed E-state index contributed by atoms with van der Waals surface area (Å²) in [6.45, 7) is 3.56. The molecule has 3 rings (SSSR count). The van der Waals surface area contributed by atoms with Gasteiger partial charge in [0.05, 0.1) is 11.5 Å². The highest BCUT2D eigenvalue weighted by Gasteiger charge is 2.38. The Balaban J connectivity index is 1.81. The van der Waals surface area contributed by atoms with Crippen LogP contribution in [0.1, 0.15) is 35.7 Å². The van der Waals surface area contributed by atoms with Gasteiger partial charge in [-0.2, -0.15) is 17.5 Å². The molecule has 1 heterocycles. The van der Waals surface area contributed by atoms with Crippen LogP contribution in [0.2, 0.25) is 5.02 Å². The topological polar surface area (TPSA) is 48.4 Å². The summed E-state index contributed by atoms with van der Waals surface area (Å²) in [7, 11) is 0. The molecule has 0 unspecified atom stereocenters. The van der Waals surface area contributed by atoms with Crippen molar-refractivity contribution in [2.75, 3.05) is 6.61 Å². The molecule has 170 valence electrons. The van der Waals surface area contributed by atoms with Crippen LogP contribution >= 0.6 is 23.1 Å². The van der Waals surface area contributed by atoms with E-state index in [1.807, 2.05) is 19.1 Å². The minimum absolute atomic E-state index is 0.0145. The lowest BCUT2D eigenvalue weighted by Crippen LogP contribution is -2.11. The molecule has 0 N–H and O–H groups in total. The highest BCUT2D eigenvalue weighted by Crippen LogP contribution is 2.40. The number of halogens is 4. The van der Waals surface area contributed by atoms with Gasteiger partial charge < -0.3 is 9.47 Å². The van der Waals surface area contributed by atoms with Crippen LogP contribution in [0.3, 0.4) is 0 Å². The normalized spacial score (nSPS) is 11.4. The Kier molecular flexibility index (Phi) is 7.79. The second-order valence-corrected chi connectivity index (χ2v) is 8.18. The molecule has 0 amide bonds. The first kappa shape index (κ1) is 24.1. The van der Waals surface area contributed by atoms with Crippen LogP contribution in [0.5, 0.6) is 5.75 Å². The number of nitrogens with zero attached hydrogens (tertiary/aromatic N) is 1. The third kappa shape index (κ3) is 5.81. The molecule has 0 spiro atoms. The number of carbonyl (C=O) groups is 1. The predicted octanol–water partition coefficient (Wildman–Crippen LogP) is 6.87. The lowest BCUT2D eigenvalue weighted by Gasteiger charge is -2.13. The number of carbonyl (C=O) groups excluding carboxylic acids is 1. The molecular formula is C23H21ClF3NO3S. The van der Waals surface area contributed by atoms with Crippen LogP contribution < -0.4 is 4.74 Å². The number of esters is 1. The number of alkyl halides is 3. The first-order valence-corrected chi connectivity index (χ1v) is 11.0. The Morgan fingerprint density at radius 1 is 1.19 bits per heavy atom. The Labute approximate surface area is 193 Å². The van der Waals surface area contributed by atoms with E-state index in [1.54, 1.807) is 31.2 Å². The van der Waals surface area contributed by atoms with Gasteiger partial charge in [-0.1, -0.05) is 41.9 Å². The van der Waals surface area contributed by atoms with Gasteiger partial charge in [-0.25, -0.2) is 0 Å². The van der Waals surface area contributed by atoms with Crippen LogP contribution in [-0.4, -0.2) is 16.9 Å². The lowest BCUT2D eigenvalue weighted by atomic mass is 10.0. The molecule has 0 saturated carbocycles. The average Bonchev–Trinajstić information content (AvgIpc) is 3.16. The van der Waals surface area contributed by atoms with Gasteiger partial charge in [-0.15, -0.1) is 0 Å². The molecule has 1 aromatic heterocycles. The zero-order valence-electron chi connectivity index (χ0n) is 17.5. The highest BCUT2D eigenvalue weighted by molar-refractivity contribution is 7.09. The van der Waals surface area contributed by atoms with Crippen LogP contribution in [0.15, 0.2) is 42.5 Å². The second-order valence-electron chi connectivity index (χ2n) is 7.00. The summed E-state index contributed by atoms with van der Waals surface area (Å²) in [6, 6.07) is 12.0. The second kappa shape index (κ2) is 10.4. The zero-order chi connectivity index (χ0) is 23.3. The first-order chi connectivity index (χ1) is 15.2. The molecule has 0 atom stereocenters. The summed E-state index contributed by atoms with van der Waals surface area (Å²) in [6.07, 6.45) is -4.02. The van der Waals surface area contributed by atoms with E-state index < -0.39 is 11.9 Å². The molecule has 4 nitrogen and oxygen atoms in total. The molecule has 0 radical (unpaired) electrons. The zero-order valence-corrected chi connectivity index (χ0v) is 19.0. The third-order valence-corrected chi connectivity index (χ3v) is 6.03. The first-order valence-electron chi connectivity index (χ1n) is 9.89. The van der Waals surface area contributed by atoms with Crippen molar-refractivity contribution >= 4 is 29.1 Å². The lowest BCUT2D eigenvalue weighted by molar-refractivity contribution is -0.143. The summed E-state index contributed by atoms with van der Waals surface area (Å²) >= 11 is 7.08. The van der Waals surface area contributed by atoms with E-state index in [0.29, 0.717) is 34.2 Å². The Morgan fingerprint density at radius 3 is 2.59 bits per heavy atom. The number of hydrogen-bond donors (Lipinski definition) is 0. The molecule has 0 aliphatic heterocycles. The van der Waals surface area contributed by atoms with E-state index in [-0.39, 0.29) is 24.6 Å². The molecule has 0 bridgehead atoms. The summed E-state index contributed by atoms with van der Waals surface area (Å²) < 4.78 is 54.9. The van der Waals surface area contributed by atoms with Crippen molar-refractivity contribution in [2.45, 2.75) is 39.5 Å². The van der Waals surface area contributed by atoms with Crippen molar-refractivity contribution < 1.29 is 27.4 Å². The van der Waals surface area contributed by atoms with Gasteiger partial charge >= 0.3 is 12.1 Å². The molecular weight excluding hydrogens is 463 g/mol. The minimum atomic E-state index is -4.59. The maximum Gasteiger partial charge on any atom is 0.434 e. The van der Waals surface area contributed by atoms with Crippen molar-refractivity contribution in [2.24, 2.45) is 0 Å². The fourth-order valence-corrected chi connectivity index (χ4v) is 4.41. The van der Waals surface area contributed by atoms with Crippen molar-refractivity contribution in [3.63, 3.8) is 0 Å². The minimum Gasteiger partial charge on any atom is -0.489 e. The van der Waals surface area contributed by atoms with Crippen molar-refractivity contribution in [3.05, 3.63) is 69.9 Å². The van der Waals surface area contributed by atoms with Gasteiger partial charge in [0.1, 0.15) is 12.4 Å². The highest BCUT2D eigenvalue weighted by atomic mass is 35.5. The van der Waals surface area contributed by atoms with Gasteiger partial charge in [-0.05, 0) is 60.6 Å². The van der Waals surface area contributed by atoms with E-state index in [0.717, 1.165) is 22.7 Å². The van der Waals surface area contributed by atoms with Gasteiger partial charge in [0.25, 0.3) is 0 Å². The summed E-state index contributed by atoms with van der Waals surface area (Å²) in [4.78, 5) is 12.0. The number of benzene rings is 2. The standard InChI is InChI=1S/C23H21ClF3NO3S/c1-3-30-20(29)11-9-15-8-10-16(12-19(15)24)31-13-18-21(17-7-5-4-6-14(17)2)32-28-22(18)23(25,26)27/h4-8,10,12H,3,9,11,13H2,1-2H3. The van der Waals surface area contributed by atoms with Crippen LogP contribution in [0, 0.1) is 6.92 Å². The van der Waals surface area contributed by atoms with Crippen LogP contribution in [0.25, 0.3) is 10.4 Å². The SMILES string of the molecule is CCOC(=O)CCc1ccc(OCc2c(C(F)(F)F)nsc2-c2ccccc2C)cc1Cl. The van der Waals surface area contributed by atoms with Crippen molar-refractivity contribution in [1.82, 2.24) is 4.37 Å². The van der Waals surface area contributed by atoms with Gasteiger partial charge in [0.2, 0.25) is 0 Å². The van der Waals surface area contributed by atoms with Gasteiger partial charge in [-0.3, -0.25) is 4.79 Å². The maximum atomic E-state index is 13.6. The Morgan fingerprint density at radius 2 is 1.94 bits per heavy atom. The molecule has 2 aromatic carbocycles. The molecule has 3 aromatic rings. The largest absolute Gasteiger partial charge is 0.489 e. The Bertz CT molecular complexity index is 1100. The molecule has 9 heteroatoms. The molecule has 0 aliphatic carbocycles. The van der Waals surface area contributed by atoms with Crippen molar-refractivity contribution in [1.29, 1.82) is 0 Å². The smallest absolute Gasteiger partial charge is 0.434 e. The van der Waals surface area contributed by atoms with E-state index in [4.69, 9.17) is 21.1 Å². The molecule has 0 saturated heterocycles. The number of aryl methyl sites for hydroxylation is 2. The van der Waals surface area contributed by atoms with Crippen molar-refractivity contribution in [3.8, 4) is 16.2 Å². The van der Waals surface area contributed by atoms with E-state index >= 15 is 0 Å². The Hall–Kier alpha value is -2.58. The van der Waals surface area contributed by atoms with Gasteiger partial charge in [0, 0.05) is 17.0 Å². The number of ether oxygens (including phenoxy) is 2. The fourth-order valence-electron chi connectivity index (χ4n) is 3.15. The monoisotopic (exact) mass is 483 g/mol. The molecule has 0 fully saturated rings. The fraction of sp³-hybridized carbons (Fsp3) is 0.304. The van der Waals surface area contributed by atoms with E-state index in [9.17, 15) is 18.0 Å². The summed E-state index contributed by atoms with van der Waals surface area (Å²) in [5, 5.41) is 0.366. The quantitative estimate of drug-likeness (QED) is 0.328. The maximum absolute atomic E-state index is 13.6. The van der Waals surface area contributed by atoms with Crippen LogP contribution in [0.4, 0.5) is 13.2 Å². The predicted molar refractivity (Wildman–Crippen MR) is 118 cm³/mol. The molecule has 0 aliphatic rings. The van der Waals surface area contributed by atoms with E-state index in [2.05, 4.69) is 4.37 Å².